The van der Waals surface area contributed by atoms with Gasteiger partial charge >= 0.3 is 0 Å². The van der Waals surface area contributed by atoms with E-state index in [9.17, 15) is 5.11 Å². The number of hydrogen-bond acceptors (Lipinski definition) is 2. The van der Waals surface area contributed by atoms with E-state index in [-0.39, 0.29) is 0 Å². The van der Waals surface area contributed by atoms with Crippen molar-refractivity contribution in [2.45, 2.75) is 19.6 Å². The van der Waals surface area contributed by atoms with Crippen molar-refractivity contribution in [3.8, 4) is 0 Å². The summed E-state index contributed by atoms with van der Waals surface area (Å²) in [5.74, 6) is 0. The van der Waals surface area contributed by atoms with Crippen LogP contribution in [0.1, 0.15) is 17.2 Å². The minimum atomic E-state index is -0.585. The highest BCUT2D eigenvalue weighted by molar-refractivity contribution is 6.30. The van der Waals surface area contributed by atoms with E-state index in [1.165, 1.54) is 0 Å². The molecule has 2 rings (SSSR count). The molecule has 0 saturated carbocycles. The lowest BCUT2D eigenvalue weighted by molar-refractivity contribution is 0.151. The fourth-order valence-electron chi connectivity index (χ4n) is 1.56. The molecule has 1 aromatic carbocycles. The molecule has 0 saturated heterocycles. The Bertz CT molecular complexity index is 481. The van der Waals surface area contributed by atoms with Gasteiger partial charge in [0.15, 0.2) is 0 Å². The summed E-state index contributed by atoms with van der Waals surface area (Å²) >= 11 is 5.86. The van der Waals surface area contributed by atoms with Crippen molar-refractivity contribution in [1.82, 2.24) is 9.78 Å². The van der Waals surface area contributed by atoms with Gasteiger partial charge in [-0.15, -0.1) is 0 Å². The summed E-state index contributed by atoms with van der Waals surface area (Å²) in [6.45, 7) is 2.41. The number of aliphatic hydroxyl groups excluding tert-OH is 1. The number of aryl methyl sites for hydroxylation is 1. The van der Waals surface area contributed by atoms with Gasteiger partial charge in [-0.05, 0) is 30.2 Å². The van der Waals surface area contributed by atoms with Crippen LogP contribution in [0.3, 0.4) is 0 Å². The zero-order chi connectivity index (χ0) is 11.5. The minimum absolute atomic E-state index is 0.439. The second-order valence-electron chi connectivity index (χ2n) is 3.81. The summed E-state index contributed by atoms with van der Waals surface area (Å²) in [4.78, 5) is 0. The molecule has 0 radical (unpaired) electrons. The van der Waals surface area contributed by atoms with Crippen molar-refractivity contribution >= 4 is 11.6 Å². The second kappa shape index (κ2) is 4.68. The van der Waals surface area contributed by atoms with E-state index < -0.39 is 6.10 Å². The summed E-state index contributed by atoms with van der Waals surface area (Å²) in [6, 6.07) is 7.24. The maximum Gasteiger partial charge on any atom is 0.0986 e. The largest absolute Gasteiger partial charge is 0.386 e. The van der Waals surface area contributed by atoms with Gasteiger partial charge in [0.1, 0.15) is 0 Å². The first-order valence-corrected chi connectivity index (χ1v) is 5.45. The highest BCUT2D eigenvalue weighted by Crippen LogP contribution is 2.18. The number of aromatic nitrogens is 2. The van der Waals surface area contributed by atoms with Crippen LogP contribution in [0.15, 0.2) is 36.7 Å². The Kier molecular flexibility index (Phi) is 3.27. The van der Waals surface area contributed by atoms with Crippen LogP contribution < -0.4 is 0 Å². The molecule has 1 heterocycles. The van der Waals surface area contributed by atoms with E-state index in [1.807, 2.05) is 25.3 Å². The van der Waals surface area contributed by atoms with Crippen LogP contribution in [0.25, 0.3) is 0 Å². The average molecular weight is 237 g/mol. The summed E-state index contributed by atoms with van der Waals surface area (Å²) in [5.41, 5.74) is 1.89. The molecule has 0 aliphatic heterocycles. The Balaban J connectivity index is 2.11. The lowest BCUT2D eigenvalue weighted by atomic mass is 10.1. The molecule has 16 heavy (non-hydrogen) atoms. The van der Waals surface area contributed by atoms with Crippen LogP contribution in [0, 0.1) is 6.92 Å². The van der Waals surface area contributed by atoms with E-state index in [1.54, 1.807) is 23.0 Å². The topological polar surface area (TPSA) is 38.0 Å². The molecule has 2 aromatic rings. The van der Waals surface area contributed by atoms with Gasteiger partial charge in [0.05, 0.1) is 18.8 Å². The van der Waals surface area contributed by atoms with E-state index in [0.29, 0.717) is 11.6 Å². The van der Waals surface area contributed by atoms with Gasteiger partial charge in [-0.1, -0.05) is 23.7 Å². The van der Waals surface area contributed by atoms with Gasteiger partial charge in [-0.3, -0.25) is 4.68 Å². The zero-order valence-electron chi connectivity index (χ0n) is 8.97. The normalized spacial score (nSPS) is 12.7. The maximum absolute atomic E-state index is 9.99. The summed E-state index contributed by atoms with van der Waals surface area (Å²) in [7, 11) is 0. The Labute approximate surface area is 99.3 Å². The molecular formula is C12H13ClN2O. The number of halogens is 1. The Morgan fingerprint density at radius 3 is 2.94 bits per heavy atom. The fourth-order valence-corrected chi connectivity index (χ4v) is 1.76. The van der Waals surface area contributed by atoms with E-state index in [0.717, 1.165) is 11.1 Å². The van der Waals surface area contributed by atoms with Gasteiger partial charge in [-0.25, -0.2) is 0 Å². The van der Waals surface area contributed by atoms with Crippen LogP contribution in [0.2, 0.25) is 5.02 Å². The molecule has 1 atom stereocenters. The molecule has 0 bridgehead atoms. The first-order chi connectivity index (χ1) is 7.65. The van der Waals surface area contributed by atoms with Crippen LogP contribution in [0.5, 0.6) is 0 Å². The zero-order valence-corrected chi connectivity index (χ0v) is 9.72. The third-order valence-corrected chi connectivity index (χ3v) is 2.59. The average Bonchev–Trinajstić information content (AvgIpc) is 2.64. The summed E-state index contributed by atoms with van der Waals surface area (Å²) < 4.78 is 1.72. The quantitative estimate of drug-likeness (QED) is 0.890. The monoisotopic (exact) mass is 236 g/mol. The lowest BCUT2D eigenvalue weighted by Crippen LogP contribution is -2.08. The van der Waals surface area contributed by atoms with Gasteiger partial charge in [0.2, 0.25) is 0 Å². The third-order valence-electron chi connectivity index (χ3n) is 2.36. The molecule has 0 amide bonds. The van der Waals surface area contributed by atoms with Crippen molar-refractivity contribution in [1.29, 1.82) is 0 Å². The smallest absolute Gasteiger partial charge is 0.0986 e. The number of benzene rings is 1. The molecule has 3 nitrogen and oxygen atoms in total. The summed E-state index contributed by atoms with van der Waals surface area (Å²) in [6.07, 6.45) is 3.08. The van der Waals surface area contributed by atoms with E-state index in [2.05, 4.69) is 5.10 Å². The number of nitrogens with zero attached hydrogens (tertiary/aromatic N) is 2. The first kappa shape index (κ1) is 11.2. The number of aliphatic hydroxyl groups is 1. The van der Waals surface area contributed by atoms with Crippen LogP contribution in [0.4, 0.5) is 0 Å². The van der Waals surface area contributed by atoms with Crippen molar-refractivity contribution < 1.29 is 5.11 Å². The number of rotatable bonds is 3. The molecule has 1 aromatic heterocycles. The fraction of sp³-hybridized carbons (Fsp3) is 0.250. The standard InChI is InChI=1S/C12H13ClN2O/c1-9-6-14-15(7-9)8-12(16)10-3-2-4-11(13)5-10/h2-7,12,16H,8H2,1H3. The molecule has 84 valence electrons. The Hall–Kier alpha value is -1.32. The third kappa shape index (κ3) is 2.62. The first-order valence-electron chi connectivity index (χ1n) is 5.08. The minimum Gasteiger partial charge on any atom is -0.386 e. The molecular weight excluding hydrogens is 224 g/mol. The summed E-state index contributed by atoms with van der Waals surface area (Å²) in [5, 5.41) is 14.7. The Morgan fingerprint density at radius 1 is 1.50 bits per heavy atom. The van der Waals surface area contributed by atoms with Gasteiger partial charge < -0.3 is 5.11 Å². The van der Waals surface area contributed by atoms with Crippen molar-refractivity contribution in [2.75, 3.05) is 0 Å². The van der Waals surface area contributed by atoms with Gasteiger partial charge in [-0.2, -0.15) is 5.10 Å². The number of hydrogen-bond donors (Lipinski definition) is 1. The SMILES string of the molecule is Cc1cnn(CC(O)c2cccc(Cl)c2)c1. The van der Waals surface area contributed by atoms with Crippen LogP contribution in [-0.2, 0) is 6.54 Å². The predicted molar refractivity (Wildman–Crippen MR) is 63.4 cm³/mol. The van der Waals surface area contributed by atoms with Crippen LogP contribution >= 0.6 is 11.6 Å². The van der Waals surface area contributed by atoms with Crippen LogP contribution in [-0.4, -0.2) is 14.9 Å². The van der Waals surface area contributed by atoms with Gasteiger partial charge in [0.25, 0.3) is 0 Å². The molecule has 4 heteroatoms. The second-order valence-corrected chi connectivity index (χ2v) is 4.25. The van der Waals surface area contributed by atoms with Crippen molar-refractivity contribution in [3.05, 3.63) is 52.8 Å². The van der Waals surface area contributed by atoms with Crippen molar-refractivity contribution in [2.24, 2.45) is 0 Å². The molecule has 0 aliphatic carbocycles. The van der Waals surface area contributed by atoms with Gasteiger partial charge in [0, 0.05) is 11.2 Å². The van der Waals surface area contributed by atoms with E-state index >= 15 is 0 Å². The lowest BCUT2D eigenvalue weighted by Gasteiger charge is -2.11. The molecule has 0 fully saturated rings. The predicted octanol–water partition coefficient (Wildman–Crippen LogP) is 2.58. The molecule has 1 N–H and O–H groups in total. The Morgan fingerprint density at radius 2 is 2.31 bits per heavy atom. The maximum atomic E-state index is 9.99. The molecule has 1 unspecified atom stereocenters. The highest BCUT2D eigenvalue weighted by atomic mass is 35.5. The molecule has 0 aliphatic rings. The van der Waals surface area contributed by atoms with Crippen molar-refractivity contribution in [3.63, 3.8) is 0 Å². The van der Waals surface area contributed by atoms with E-state index in [4.69, 9.17) is 11.6 Å². The highest BCUT2D eigenvalue weighted by Gasteiger charge is 2.09. The molecule has 0 spiro atoms.